The smallest absolute Gasteiger partial charge is 0.222 e. The molecule has 0 bridgehead atoms. The van der Waals surface area contributed by atoms with Crippen LogP contribution in [0.25, 0.3) is 0 Å². The molecular weight excluding hydrogens is 228 g/mol. The lowest BCUT2D eigenvalue weighted by molar-refractivity contribution is -0.132. The number of nitrogens with zero attached hydrogens (tertiary/aromatic N) is 1. The topological polar surface area (TPSA) is 80.5 Å². The van der Waals surface area contributed by atoms with E-state index in [1.165, 1.54) is 0 Å². The minimum absolute atomic E-state index is 0.00720. The van der Waals surface area contributed by atoms with Crippen LogP contribution in [-0.2, 0) is 14.6 Å². The largest absolute Gasteiger partial charge is 0.338 e. The van der Waals surface area contributed by atoms with Gasteiger partial charge in [-0.2, -0.15) is 0 Å². The number of nitrogens with two attached hydrogens (primary N) is 1. The minimum atomic E-state index is -2.95. The summed E-state index contributed by atoms with van der Waals surface area (Å²) in [6.07, 6.45) is 1.05. The van der Waals surface area contributed by atoms with Gasteiger partial charge < -0.3 is 10.6 Å². The summed E-state index contributed by atoms with van der Waals surface area (Å²) in [4.78, 5) is 13.5. The van der Waals surface area contributed by atoms with Crippen LogP contribution in [0.1, 0.15) is 26.7 Å². The first-order valence-corrected chi connectivity index (χ1v) is 7.39. The van der Waals surface area contributed by atoms with Crippen LogP contribution in [-0.4, -0.2) is 49.4 Å². The van der Waals surface area contributed by atoms with E-state index in [0.29, 0.717) is 19.4 Å². The number of sulfone groups is 1. The summed E-state index contributed by atoms with van der Waals surface area (Å²) in [5.74, 6) is 0.178. The average Bonchev–Trinajstić information content (AvgIpc) is 2.12. The second kappa shape index (κ2) is 5.14. The van der Waals surface area contributed by atoms with Crippen LogP contribution in [0.15, 0.2) is 0 Å². The zero-order valence-corrected chi connectivity index (χ0v) is 10.7. The zero-order valence-electron chi connectivity index (χ0n) is 9.85. The highest BCUT2D eigenvalue weighted by Gasteiger charge is 2.30. The number of carbonyl (C=O) groups excluding carboxylic acids is 1. The SMILES string of the molecule is CC(N)CCC(=O)N1CCS(=O)(=O)CC1C. The highest BCUT2D eigenvalue weighted by Crippen LogP contribution is 2.13. The van der Waals surface area contributed by atoms with Gasteiger partial charge in [-0.25, -0.2) is 8.42 Å². The van der Waals surface area contributed by atoms with Gasteiger partial charge in [0.2, 0.25) is 5.91 Å². The Bertz CT molecular complexity index is 351. The van der Waals surface area contributed by atoms with Gasteiger partial charge in [-0.05, 0) is 20.3 Å². The molecule has 1 rings (SSSR count). The highest BCUT2D eigenvalue weighted by atomic mass is 32.2. The van der Waals surface area contributed by atoms with Crippen LogP contribution >= 0.6 is 0 Å². The van der Waals surface area contributed by atoms with Crippen LogP contribution in [0.4, 0.5) is 0 Å². The molecule has 6 heteroatoms. The van der Waals surface area contributed by atoms with Gasteiger partial charge in [-0.15, -0.1) is 0 Å². The Morgan fingerprint density at radius 1 is 1.56 bits per heavy atom. The number of rotatable bonds is 3. The molecule has 0 aliphatic carbocycles. The monoisotopic (exact) mass is 248 g/mol. The van der Waals surface area contributed by atoms with Gasteiger partial charge in [-0.3, -0.25) is 4.79 Å². The van der Waals surface area contributed by atoms with Gasteiger partial charge in [0.05, 0.1) is 11.5 Å². The van der Waals surface area contributed by atoms with E-state index in [1.54, 1.807) is 11.8 Å². The van der Waals surface area contributed by atoms with Crippen LogP contribution in [0.5, 0.6) is 0 Å². The first-order valence-electron chi connectivity index (χ1n) is 5.57. The van der Waals surface area contributed by atoms with Crippen molar-refractivity contribution in [3.63, 3.8) is 0 Å². The van der Waals surface area contributed by atoms with E-state index in [0.717, 1.165) is 0 Å². The summed E-state index contributed by atoms with van der Waals surface area (Å²) >= 11 is 0. The van der Waals surface area contributed by atoms with Crippen LogP contribution in [0.2, 0.25) is 0 Å². The van der Waals surface area contributed by atoms with E-state index in [4.69, 9.17) is 5.73 Å². The molecule has 2 unspecified atom stereocenters. The predicted octanol–water partition coefficient (Wildman–Crippen LogP) is -0.241. The number of amides is 1. The maximum Gasteiger partial charge on any atom is 0.222 e. The second-order valence-electron chi connectivity index (χ2n) is 4.57. The van der Waals surface area contributed by atoms with Crippen molar-refractivity contribution in [2.45, 2.75) is 38.8 Å². The van der Waals surface area contributed by atoms with Crippen molar-refractivity contribution in [1.29, 1.82) is 0 Å². The molecule has 0 aromatic rings. The van der Waals surface area contributed by atoms with Crippen LogP contribution in [0, 0.1) is 0 Å². The molecule has 0 radical (unpaired) electrons. The molecule has 0 spiro atoms. The van der Waals surface area contributed by atoms with E-state index < -0.39 is 9.84 Å². The fourth-order valence-corrected chi connectivity index (χ4v) is 3.42. The summed E-state index contributed by atoms with van der Waals surface area (Å²) < 4.78 is 22.7. The lowest BCUT2D eigenvalue weighted by atomic mass is 10.1. The third-order valence-electron chi connectivity index (χ3n) is 2.80. The lowest BCUT2D eigenvalue weighted by Gasteiger charge is -2.33. The Morgan fingerprint density at radius 3 is 2.69 bits per heavy atom. The first-order chi connectivity index (χ1) is 7.32. The molecular formula is C10H20N2O3S. The molecule has 2 N–H and O–H groups in total. The molecule has 5 nitrogen and oxygen atoms in total. The number of hydrogen-bond donors (Lipinski definition) is 1. The van der Waals surface area contributed by atoms with Crippen molar-refractivity contribution in [1.82, 2.24) is 4.90 Å². The van der Waals surface area contributed by atoms with Gasteiger partial charge in [0.15, 0.2) is 9.84 Å². The number of carbonyl (C=O) groups is 1. The van der Waals surface area contributed by atoms with E-state index in [-0.39, 0.29) is 29.5 Å². The zero-order chi connectivity index (χ0) is 12.3. The fraction of sp³-hybridized carbons (Fsp3) is 0.900. The van der Waals surface area contributed by atoms with E-state index >= 15 is 0 Å². The van der Waals surface area contributed by atoms with Crippen LogP contribution < -0.4 is 5.73 Å². The Hall–Kier alpha value is -0.620. The summed E-state index contributed by atoms with van der Waals surface area (Å²) in [5.41, 5.74) is 5.58. The molecule has 1 aliphatic rings. The molecule has 0 aromatic heterocycles. The molecule has 1 heterocycles. The van der Waals surface area contributed by atoms with Crippen molar-refractivity contribution in [2.24, 2.45) is 5.73 Å². The highest BCUT2D eigenvalue weighted by molar-refractivity contribution is 7.91. The Morgan fingerprint density at radius 2 is 2.19 bits per heavy atom. The fourth-order valence-electron chi connectivity index (χ4n) is 1.86. The lowest BCUT2D eigenvalue weighted by Crippen LogP contribution is -2.49. The Kier molecular flexibility index (Phi) is 4.32. The summed E-state index contributed by atoms with van der Waals surface area (Å²) in [6, 6.07) is -0.202. The first kappa shape index (κ1) is 13.4. The third-order valence-corrected chi connectivity index (χ3v) is 4.60. The standard InChI is InChI=1S/C10H20N2O3S/c1-8(11)3-4-10(13)12-5-6-16(14,15)7-9(12)2/h8-9H,3-7,11H2,1-2H3. The molecule has 1 saturated heterocycles. The summed E-state index contributed by atoms with van der Waals surface area (Å²) in [7, 11) is -2.95. The minimum Gasteiger partial charge on any atom is -0.338 e. The second-order valence-corrected chi connectivity index (χ2v) is 6.80. The molecule has 1 aliphatic heterocycles. The number of hydrogen-bond acceptors (Lipinski definition) is 4. The maximum absolute atomic E-state index is 11.8. The Balaban J connectivity index is 2.52. The van der Waals surface area contributed by atoms with Crippen molar-refractivity contribution in [3.8, 4) is 0 Å². The van der Waals surface area contributed by atoms with Gasteiger partial charge in [0.25, 0.3) is 0 Å². The van der Waals surface area contributed by atoms with Gasteiger partial charge in [-0.1, -0.05) is 0 Å². The van der Waals surface area contributed by atoms with Crippen molar-refractivity contribution in [2.75, 3.05) is 18.1 Å². The molecule has 0 saturated carbocycles. The molecule has 94 valence electrons. The molecule has 2 atom stereocenters. The molecule has 0 aromatic carbocycles. The normalized spacial score (nSPS) is 26.4. The third kappa shape index (κ3) is 3.75. The van der Waals surface area contributed by atoms with Crippen molar-refractivity contribution < 1.29 is 13.2 Å². The molecule has 1 fully saturated rings. The summed E-state index contributed by atoms with van der Waals surface area (Å²) in [6.45, 7) is 3.96. The Labute approximate surface area is 96.9 Å². The quantitative estimate of drug-likeness (QED) is 0.747. The van der Waals surface area contributed by atoms with Crippen LogP contribution in [0.3, 0.4) is 0 Å². The van der Waals surface area contributed by atoms with E-state index in [1.807, 2.05) is 6.92 Å². The van der Waals surface area contributed by atoms with Gasteiger partial charge in [0, 0.05) is 25.0 Å². The van der Waals surface area contributed by atoms with Gasteiger partial charge >= 0.3 is 0 Å². The average molecular weight is 248 g/mol. The molecule has 1 amide bonds. The van der Waals surface area contributed by atoms with E-state index in [2.05, 4.69) is 0 Å². The maximum atomic E-state index is 11.8. The summed E-state index contributed by atoms with van der Waals surface area (Å²) in [5, 5.41) is 0. The van der Waals surface area contributed by atoms with Crippen molar-refractivity contribution >= 4 is 15.7 Å². The van der Waals surface area contributed by atoms with Crippen molar-refractivity contribution in [3.05, 3.63) is 0 Å². The van der Waals surface area contributed by atoms with Gasteiger partial charge in [0.1, 0.15) is 0 Å². The molecule has 16 heavy (non-hydrogen) atoms. The van der Waals surface area contributed by atoms with E-state index in [9.17, 15) is 13.2 Å². The predicted molar refractivity (Wildman–Crippen MR) is 62.7 cm³/mol.